The fourth-order valence-corrected chi connectivity index (χ4v) is 1.70. The number of hydrogen-bond acceptors (Lipinski definition) is 2. The van der Waals surface area contributed by atoms with Crippen LogP contribution in [0.15, 0.2) is 24.3 Å². The maximum absolute atomic E-state index is 11.7. The highest BCUT2D eigenvalue weighted by Crippen LogP contribution is 2.19. The van der Waals surface area contributed by atoms with Gasteiger partial charge in [0.1, 0.15) is 6.61 Å². The molecular formula is C16H24O2. The Labute approximate surface area is 110 Å². The molecule has 0 saturated carbocycles. The molecule has 0 unspecified atom stereocenters. The lowest BCUT2D eigenvalue weighted by atomic mass is 9.97. The van der Waals surface area contributed by atoms with Crippen molar-refractivity contribution < 1.29 is 9.53 Å². The fraction of sp³-hybridized carbons (Fsp3) is 0.562. The van der Waals surface area contributed by atoms with Crippen LogP contribution in [0.1, 0.15) is 45.7 Å². The number of esters is 1. The summed E-state index contributed by atoms with van der Waals surface area (Å²) in [5.74, 6) is 0.450. The molecule has 0 spiro atoms. The molecule has 0 amide bonds. The van der Waals surface area contributed by atoms with E-state index in [1.165, 1.54) is 5.56 Å². The molecule has 1 rings (SSSR count). The number of carbonyl (C=O) groups is 1. The van der Waals surface area contributed by atoms with E-state index in [2.05, 4.69) is 19.9 Å². The number of hydrogen-bond donors (Lipinski definition) is 0. The summed E-state index contributed by atoms with van der Waals surface area (Å²) in [5.41, 5.74) is 1.95. The number of benzene rings is 1. The standard InChI is InChI=1S/C16H24O2/c1-12(2)10-13-8-6-7-9-14(13)11-18-15(17)16(3,4)5/h6-9,12H,10-11H2,1-5H3. The van der Waals surface area contributed by atoms with E-state index in [1.54, 1.807) is 0 Å². The average Bonchev–Trinajstić information content (AvgIpc) is 2.25. The largest absolute Gasteiger partial charge is 0.460 e. The lowest BCUT2D eigenvalue weighted by molar-refractivity contribution is -0.154. The Morgan fingerprint density at radius 1 is 1.17 bits per heavy atom. The minimum Gasteiger partial charge on any atom is -0.460 e. The Kier molecular flexibility index (Phi) is 4.94. The van der Waals surface area contributed by atoms with Gasteiger partial charge in [-0.25, -0.2) is 0 Å². The molecule has 2 nitrogen and oxygen atoms in total. The van der Waals surface area contributed by atoms with Gasteiger partial charge in [-0.3, -0.25) is 4.79 Å². The Morgan fingerprint density at radius 2 is 1.72 bits per heavy atom. The van der Waals surface area contributed by atoms with Crippen molar-refractivity contribution in [2.75, 3.05) is 0 Å². The van der Waals surface area contributed by atoms with Crippen molar-refractivity contribution in [3.63, 3.8) is 0 Å². The van der Waals surface area contributed by atoms with Crippen LogP contribution in [0.4, 0.5) is 0 Å². The molecule has 1 aromatic carbocycles. The topological polar surface area (TPSA) is 26.3 Å². The zero-order valence-electron chi connectivity index (χ0n) is 12.1. The first-order valence-electron chi connectivity index (χ1n) is 6.54. The van der Waals surface area contributed by atoms with Gasteiger partial charge in [0.15, 0.2) is 0 Å². The van der Waals surface area contributed by atoms with Crippen LogP contribution in [0, 0.1) is 11.3 Å². The molecule has 18 heavy (non-hydrogen) atoms. The van der Waals surface area contributed by atoms with Gasteiger partial charge in [0.05, 0.1) is 5.41 Å². The van der Waals surface area contributed by atoms with Gasteiger partial charge in [-0.1, -0.05) is 38.1 Å². The van der Waals surface area contributed by atoms with Crippen LogP contribution >= 0.6 is 0 Å². The molecule has 0 aliphatic rings. The van der Waals surface area contributed by atoms with E-state index in [1.807, 2.05) is 39.0 Å². The molecule has 0 radical (unpaired) electrons. The lowest BCUT2D eigenvalue weighted by Gasteiger charge is -2.18. The van der Waals surface area contributed by atoms with E-state index in [0.717, 1.165) is 12.0 Å². The zero-order chi connectivity index (χ0) is 13.8. The fourth-order valence-electron chi connectivity index (χ4n) is 1.70. The van der Waals surface area contributed by atoms with Crippen molar-refractivity contribution in [2.45, 2.75) is 47.6 Å². The number of ether oxygens (including phenoxy) is 1. The summed E-state index contributed by atoms with van der Waals surface area (Å²) < 4.78 is 5.38. The van der Waals surface area contributed by atoms with Crippen LogP contribution in [-0.2, 0) is 22.6 Å². The van der Waals surface area contributed by atoms with Crippen molar-refractivity contribution in [3.05, 3.63) is 35.4 Å². The van der Waals surface area contributed by atoms with Gasteiger partial charge in [-0.15, -0.1) is 0 Å². The highest BCUT2D eigenvalue weighted by atomic mass is 16.5. The smallest absolute Gasteiger partial charge is 0.311 e. The summed E-state index contributed by atoms with van der Waals surface area (Å²) in [7, 11) is 0. The third-order valence-electron chi connectivity index (χ3n) is 2.72. The Balaban J connectivity index is 2.70. The molecule has 0 N–H and O–H groups in total. The maximum atomic E-state index is 11.7. The summed E-state index contributed by atoms with van der Waals surface area (Å²) in [6.07, 6.45) is 1.02. The van der Waals surface area contributed by atoms with Gasteiger partial charge in [-0.05, 0) is 44.2 Å². The molecule has 0 fully saturated rings. The lowest BCUT2D eigenvalue weighted by Crippen LogP contribution is -2.23. The number of rotatable bonds is 4. The maximum Gasteiger partial charge on any atom is 0.311 e. The van der Waals surface area contributed by atoms with E-state index in [-0.39, 0.29) is 5.97 Å². The molecule has 0 saturated heterocycles. The zero-order valence-corrected chi connectivity index (χ0v) is 12.1. The molecule has 0 aromatic heterocycles. The highest BCUT2D eigenvalue weighted by Gasteiger charge is 2.23. The predicted octanol–water partition coefficient (Wildman–Crippen LogP) is 3.97. The second-order valence-electron chi connectivity index (χ2n) is 6.19. The molecule has 0 aliphatic heterocycles. The first-order valence-corrected chi connectivity index (χ1v) is 6.54. The molecule has 100 valence electrons. The van der Waals surface area contributed by atoms with Gasteiger partial charge < -0.3 is 4.74 Å². The summed E-state index contributed by atoms with van der Waals surface area (Å²) >= 11 is 0. The molecule has 0 bridgehead atoms. The van der Waals surface area contributed by atoms with Crippen LogP contribution in [-0.4, -0.2) is 5.97 Å². The Bertz CT molecular complexity index is 400. The van der Waals surface area contributed by atoms with Crippen molar-refractivity contribution in [1.29, 1.82) is 0 Å². The van der Waals surface area contributed by atoms with Crippen LogP contribution in [0.2, 0.25) is 0 Å². The molecule has 0 heterocycles. The first-order chi connectivity index (χ1) is 8.30. The Hall–Kier alpha value is -1.31. The van der Waals surface area contributed by atoms with Gasteiger partial charge >= 0.3 is 5.97 Å². The summed E-state index contributed by atoms with van der Waals surface area (Å²) in [6.45, 7) is 10.4. The third-order valence-corrected chi connectivity index (χ3v) is 2.72. The second-order valence-corrected chi connectivity index (χ2v) is 6.19. The van der Waals surface area contributed by atoms with E-state index in [0.29, 0.717) is 12.5 Å². The second kappa shape index (κ2) is 6.03. The van der Waals surface area contributed by atoms with Gasteiger partial charge in [-0.2, -0.15) is 0 Å². The summed E-state index contributed by atoms with van der Waals surface area (Å²) in [5, 5.41) is 0. The third kappa shape index (κ3) is 4.52. The number of carbonyl (C=O) groups excluding carboxylic acids is 1. The minimum absolute atomic E-state index is 0.151. The van der Waals surface area contributed by atoms with Crippen molar-refractivity contribution in [3.8, 4) is 0 Å². The van der Waals surface area contributed by atoms with Gasteiger partial charge in [0.25, 0.3) is 0 Å². The van der Waals surface area contributed by atoms with E-state index < -0.39 is 5.41 Å². The predicted molar refractivity (Wildman–Crippen MR) is 74.2 cm³/mol. The van der Waals surface area contributed by atoms with Crippen molar-refractivity contribution in [2.24, 2.45) is 11.3 Å². The van der Waals surface area contributed by atoms with Crippen LogP contribution in [0.25, 0.3) is 0 Å². The Morgan fingerprint density at radius 3 is 2.22 bits per heavy atom. The normalized spacial score (nSPS) is 11.7. The molecule has 2 heteroatoms. The summed E-state index contributed by atoms with van der Waals surface area (Å²) in [6, 6.07) is 8.17. The molecular weight excluding hydrogens is 224 g/mol. The van der Waals surface area contributed by atoms with E-state index >= 15 is 0 Å². The summed E-state index contributed by atoms with van der Waals surface area (Å²) in [4.78, 5) is 11.7. The van der Waals surface area contributed by atoms with Crippen LogP contribution in [0.5, 0.6) is 0 Å². The van der Waals surface area contributed by atoms with Crippen molar-refractivity contribution in [1.82, 2.24) is 0 Å². The quantitative estimate of drug-likeness (QED) is 0.753. The monoisotopic (exact) mass is 248 g/mol. The van der Waals surface area contributed by atoms with E-state index in [9.17, 15) is 4.79 Å². The molecule has 0 aliphatic carbocycles. The SMILES string of the molecule is CC(C)Cc1ccccc1COC(=O)C(C)(C)C. The van der Waals surface area contributed by atoms with Crippen molar-refractivity contribution >= 4 is 5.97 Å². The highest BCUT2D eigenvalue weighted by molar-refractivity contribution is 5.75. The van der Waals surface area contributed by atoms with Crippen LogP contribution < -0.4 is 0 Å². The minimum atomic E-state index is -0.438. The van der Waals surface area contributed by atoms with E-state index in [4.69, 9.17) is 4.74 Å². The molecule has 1 aromatic rings. The average molecular weight is 248 g/mol. The first kappa shape index (κ1) is 14.7. The van der Waals surface area contributed by atoms with Gasteiger partial charge in [0, 0.05) is 0 Å². The molecule has 0 atom stereocenters. The van der Waals surface area contributed by atoms with Crippen LogP contribution in [0.3, 0.4) is 0 Å². The van der Waals surface area contributed by atoms with Gasteiger partial charge in [0.2, 0.25) is 0 Å².